The van der Waals surface area contributed by atoms with Crippen LogP contribution in [-0.2, 0) is 10.0 Å². The first kappa shape index (κ1) is 11.0. The molecule has 4 heteroatoms. The molecule has 0 amide bonds. The minimum atomic E-state index is -3.03. The number of nitrogens with one attached hydrogen (secondary N) is 1. The van der Waals surface area contributed by atoms with Gasteiger partial charge in [-0.25, -0.2) is 8.42 Å². The first-order valence-electron chi connectivity index (χ1n) is 5.81. The molecule has 86 valence electrons. The van der Waals surface area contributed by atoms with Crippen molar-refractivity contribution in [3.8, 4) is 0 Å². The summed E-state index contributed by atoms with van der Waals surface area (Å²) in [6.07, 6.45) is 7.95. The van der Waals surface area contributed by atoms with E-state index in [9.17, 15) is 8.42 Å². The quantitative estimate of drug-likeness (QED) is 0.803. The highest BCUT2D eigenvalue weighted by molar-refractivity contribution is 7.90. The van der Waals surface area contributed by atoms with Gasteiger partial charge in [0.05, 0.1) is 5.25 Å². The summed E-state index contributed by atoms with van der Waals surface area (Å²) < 4.78 is 25.7. The first-order chi connectivity index (χ1) is 7.12. The lowest BCUT2D eigenvalue weighted by molar-refractivity contribution is 0.537. The number of hydrogen-bond acceptors (Lipinski definition) is 2. The highest BCUT2D eigenvalue weighted by atomic mass is 32.2. The van der Waals surface area contributed by atoms with Crippen LogP contribution in [0.3, 0.4) is 0 Å². The molecule has 3 nitrogen and oxygen atoms in total. The molecule has 0 heterocycles. The summed E-state index contributed by atoms with van der Waals surface area (Å²) in [7, 11) is -3.03. The van der Waals surface area contributed by atoms with Gasteiger partial charge >= 0.3 is 0 Å². The second-order valence-electron chi connectivity index (χ2n) is 4.68. The normalized spacial score (nSPS) is 29.7. The van der Waals surface area contributed by atoms with Crippen molar-refractivity contribution < 1.29 is 8.42 Å². The molecule has 2 rings (SSSR count). The Hall–Kier alpha value is -0.510. The molecule has 2 saturated carbocycles. The average Bonchev–Trinajstić information content (AvgIpc) is 2.96. The van der Waals surface area contributed by atoms with Crippen LogP contribution in [0.4, 0.5) is 0 Å². The smallest absolute Gasteiger partial charge is 0.235 e. The lowest BCUT2D eigenvalue weighted by Gasteiger charge is -2.04. The van der Waals surface area contributed by atoms with Gasteiger partial charge in [-0.1, -0.05) is 18.9 Å². The highest BCUT2D eigenvalue weighted by Crippen LogP contribution is 2.32. The molecule has 0 saturated heterocycles. The summed E-state index contributed by atoms with van der Waals surface area (Å²) in [4.78, 5) is 0. The van der Waals surface area contributed by atoms with E-state index in [-0.39, 0.29) is 5.25 Å². The molecule has 1 N–H and O–H groups in total. The van der Waals surface area contributed by atoms with Crippen LogP contribution in [-0.4, -0.2) is 13.7 Å². The second-order valence-corrected chi connectivity index (χ2v) is 6.67. The highest BCUT2D eigenvalue weighted by Gasteiger charge is 2.35. The van der Waals surface area contributed by atoms with E-state index in [1.807, 2.05) is 0 Å². The number of allylic oxidation sites excluding steroid dienone is 1. The van der Waals surface area contributed by atoms with E-state index in [1.165, 1.54) is 18.4 Å². The van der Waals surface area contributed by atoms with Gasteiger partial charge in [-0.05, 0) is 38.0 Å². The third-order valence-electron chi connectivity index (χ3n) is 3.39. The Labute approximate surface area is 92.0 Å². The van der Waals surface area contributed by atoms with Crippen LogP contribution in [0.15, 0.2) is 11.8 Å². The largest absolute Gasteiger partial charge is 0.290 e. The Morgan fingerprint density at radius 2 is 2.13 bits per heavy atom. The zero-order valence-corrected chi connectivity index (χ0v) is 10.0. The second kappa shape index (κ2) is 4.16. The Morgan fingerprint density at radius 1 is 1.40 bits per heavy atom. The molecule has 0 spiro atoms. The monoisotopic (exact) mass is 229 g/mol. The Kier molecular flexibility index (Phi) is 3.05. The number of rotatable bonds is 4. The van der Waals surface area contributed by atoms with Crippen molar-refractivity contribution in [3.05, 3.63) is 11.8 Å². The molecule has 15 heavy (non-hydrogen) atoms. The summed E-state index contributed by atoms with van der Waals surface area (Å²) >= 11 is 0. The van der Waals surface area contributed by atoms with Gasteiger partial charge in [-0.2, -0.15) is 0 Å². The van der Waals surface area contributed by atoms with Gasteiger partial charge in [0.25, 0.3) is 0 Å². The summed E-state index contributed by atoms with van der Waals surface area (Å²) in [6, 6.07) is 0. The summed E-state index contributed by atoms with van der Waals surface area (Å²) in [5, 5.41) is -0.113. The first-order valence-corrected chi connectivity index (χ1v) is 7.35. The van der Waals surface area contributed by atoms with Crippen LogP contribution in [0.2, 0.25) is 0 Å². The fourth-order valence-electron chi connectivity index (χ4n) is 2.08. The topological polar surface area (TPSA) is 46.2 Å². The van der Waals surface area contributed by atoms with Gasteiger partial charge < -0.3 is 0 Å². The third-order valence-corrected chi connectivity index (χ3v) is 5.19. The van der Waals surface area contributed by atoms with E-state index in [1.54, 1.807) is 6.20 Å². The van der Waals surface area contributed by atoms with Crippen molar-refractivity contribution in [2.75, 3.05) is 0 Å². The zero-order chi connectivity index (χ0) is 10.9. The molecule has 2 aliphatic rings. The van der Waals surface area contributed by atoms with Crippen LogP contribution in [0.1, 0.15) is 45.4 Å². The molecule has 2 fully saturated rings. The van der Waals surface area contributed by atoms with Crippen molar-refractivity contribution in [3.63, 3.8) is 0 Å². The van der Waals surface area contributed by atoms with E-state index >= 15 is 0 Å². The van der Waals surface area contributed by atoms with Crippen LogP contribution in [0.5, 0.6) is 0 Å². The van der Waals surface area contributed by atoms with Gasteiger partial charge in [-0.3, -0.25) is 4.72 Å². The molecular weight excluding hydrogens is 210 g/mol. The van der Waals surface area contributed by atoms with Crippen molar-refractivity contribution in [1.29, 1.82) is 0 Å². The lowest BCUT2D eigenvalue weighted by Crippen LogP contribution is -2.22. The lowest BCUT2D eigenvalue weighted by atomic mass is 10.1. The van der Waals surface area contributed by atoms with Gasteiger partial charge in [-0.15, -0.1) is 0 Å². The van der Waals surface area contributed by atoms with E-state index in [4.69, 9.17) is 0 Å². The van der Waals surface area contributed by atoms with E-state index in [0.717, 1.165) is 31.6 Å². The molecule has 0 bridgehead atoms. The van der Waals surface area contributed by atoms with E-state index < -0.39 is 10.0 Å². The number of sulfonamides is 1. The van der Waals surface area contributed by atoms with Crippen LogP contribution >= 0.6 is 0 Å². The van der Waals surface area contributed by atoms with Crippen molar-refractivity contribution in [1.82, 2.24) is 4.72 Å². The number of hydrogen-bond donors (Lipinski definition) is 1. The van der Waals surface area contributed by atoms with Gasteiger partial charge in [0.1, 0.15) is 0 Å². The maximum Gasteiger partial charge on any atom is 0.235 e. The third kappa shape index (κ3) is 2.74. The molecule has 0 aromatic carbocycles. The molecular formula is C11H19NO2S. The predicted molar refractivity (Wildman–Crippen MR) is 60.8 cm³/mol. The van der Waals surface area contributed by atoms with Crippen molar-refractivity contribution >= 4 is 10.0 Å². The van der Waals surface area contributed by atoms with Gasteiger partial charge in [0.15, 0.2) is 0 Å². The SMILES string of the molecule is CC[C@H]1CC/C(=C\NS(=O)(=O)C2CC2)C1. The van der Waals surface area contributed by atoms with E-state index in [2.05, 4.69) is 11.6 Å². The minimum absolute atomic E-state index is 0.113. The standard InChI is InChI=1S/C11H19NO2S/c1-2-9-3-4-10(7-9)8-12-15(13,14)11-5-6-11/h8-9,11-12H,2-7H2,1H3/b10-8+/t9-/m0/s1. The molecule has 0 radical (unpaired) electrons. The van der Waals surface area contributed by atoms with E-state index in [0.29, 0.717) is 0 Å². The van der Waals surface area contributed by atoms with Gasteiger partial charge in [0.2, 0.25) is 10.0 Å². The van der Waals surface area contributed by atoms with Crippen molar-refractivity contribution in [2.24, 2.45) is 5.92 Å². The minimum Gasteiger partial charge on any atom is -0.290 e. The molecule has 0 unspecified atom stereocenters. The average molecular weight is 229 g/mol. The summed E-state index contributed by atoms with van der Waals surface area (Å²) in [5.74, 6) is 0.765. The van der Waals surface area contributed by atoms with Crippen LogP contribution in [0.25, 0.3) is 0 Å². The summed E-state index contributed by atoms with van der Waals surface area (Å²) in [5.41, 5.74) is 1.27. The fraction of sp³-hybridized carbons (Fsp3) is 0.818. The molecule has 0 aromatic rings. The molecule has 0 aromatic heterocycles. The van der Waals surface area contributed by atoms with Crippen LogP contribution < -0.4 is 4.72 Å². The Balaban J connectivity index is 1.89. The molecule has 2 aliphatic carbocycles. The predicted octanol–water partition coefficient (Wildman–Crippen LogP) is 2.16. The Morgan fingerprint density at radius 3 is 2.67 bits per heavy atom. The van der Waals surface area contributed by atoms with Gasteiger partial charge in [0, 0.05) is 6.20 Å². The maximum absolute atomic E-state index is 11.5. The molecule has 1 atom stereocenters. The molecule has 0 aliphatic heterocycles. The van der Waals surface area contributed by atoms with Crippen molar-refractivity contribution in [2.45, 2.75) is 50.7 Å². The summed E-state index contributed by atoms with van der Waals surface area (Å²) in [6.45, 7) is 2.20. The maximum atomic E-state index is 11.5. The zero-order valence-electron chi connectivity index (χ0n) is 9.20. The Bertz CT molecular complexity index is 355. The van der Waals surface area contributed by atoms with Crippen LogP contribution in [0, 0.1) is 5.92 Å². The fourth-order valence-corrected chi connectivity index (χ4v) is 3.36.